The van der Waals surface area contributed by atoms with Gasteiger partial charge in [0.15, 0.2) is 11.6 Å². The zero-order chi connectivity index (χ0) is 11.5. The molecule has 0 aromatic carbocycles. The maximum absolute atomic E-state index is 11.1. The van der Waals surface area contributed by atoms with Crippen molar-refractivity contribution in [1.82, 2.24) is 9.97 Å². The Labute approximate surface area is 93.7 Å². The second-order valence-electron chi connectivity index (χ2n) is 2.48. The number of sulfonamides is 1. The molecule has 15 heavy (non-hydrogen) atoms. The summed E-state index contributed by atoms with van der Waals surface area (Å²) in [4.78, 5) is 17.6. The van der Waals surface area contributed by atoms with Crippen LogP contribution >= 0.6 is 15.9 Å². The lowest BCUT2D eigenvalue weighted by Crippen LogP contribution is -2.22. The summed E-state index contributed by atoms with van der Waals surface area (Å²) in [5.41, 5.74) is 0. The van der Waals surface area contributed by atoms with E-state index >= 15 is 0 Å². The number of carboxylic acids is 1. The number of hydrogen-bond donors (Lipinski definition) is 2. The summed E-state index contributed by atoms with van der Waals surface area (Å²) in [6.07, 6.45) is 2.46. The number of anilines is 1. The third kappa shape index (κ3) is 4.21. The topological polar surface area (TPSA) is 109 Å². The first kappa shape index (κ1) is 11.9. The molecule has 0 spiro atoms. The van der Waals surface area contributed by atoms with E-state index < -0.39 is 21.7 Å². The average Bonchev–Trinajstić information content (AvgIpc) is 2.06. The van der Waals surface area contributed by atoms with E-state index in [2.05, 4.69) is 25.9 Å². The number of halogens is 1. The highest BCUT2D eigenvalue weighted by atomic mass is 79.9. The predicted octanol–water partition coefficient (Wildman–Crippen LogP) is 0.0654. The highest BCUT2D eigenvalue weighted by molar-refractivity contribution is 9.10. The van der Waals surface area contributed by atoms with Crippen molar-refractivity contribution in [2.24, 2.45) is 0 Å². The fraction of sp³-hybridized carbons (Fsp3) is 0.167. The maximum atomic E-state index is 11.1. The van der Waals surface area contributed by atoms with Gasteiger partial charge in [-0.15, -0.1) is 0 Å². The standard InChI is InChI=1S/C6H6BrN3O4S/c7-4-1-9-5(2-8-4)10-15(13,14)3-6(11)12/h1-2H,3H2,(H,9,10)(H,11,12). The normalized spacial score (nSPS) is 11.0. The number of carboxylic acid groups (broad SMARTS) is 1. The van der Waals surface area contributed by atoms with E-state index in [9.17, 15) is 13.2 Å². The van der Waals surface area contributed by atoms with Crippen molar-refractivity contribution in [3.05, 3.63) is 17.0 Å². The van der Waals surface area contributed by atoms with Gasteiger partial charge < -0.3 is 5.11 Å². The first-order valence-corrected chi connectivity index (χ1v) is 6.03. The number of carbonyl (C=O) groups is 1. The van der Waals surface area contributed by atoms with Crippen LogP contribution in [-0.4, -0.2) is 35.2 Å². The van der Waals surface area contributed by atoms with Gasteiger partial charge in [-0.25, -0.2) is 18.4 Å². The zero-order valence-electron chi connectivity index (χ0n) is 7.21. The predicted molar refractivity (Wildman–Crippen MR) is 54.8 cm³/mol. The van der Waals surface area contributed by atoms with E-state index in [-0.39, 0.29) is 5.82 Å². The fourth-order valence-electron chi connectivity index (χ4n) is 0.723. The second kappa shape index (κ2) is 4.53. The summed E-state index contributed by atoms with van der Waals surface area (Å²) in [5.74, 6) is -2.47. The van der Waals surface area contributed by atoms with Crippen molar-refractivity contribution in [2.75, 3.05) is 10.5 Å². The number of hydrogen-bond acceptors (Lipinski definition) is 5. The molecule has 0 saturated carbocycles. The molecule has 9 heteroatoms. The molecule has 0 unspecified atom stereocenters. The highest BCUT2D eigenvalue weighted by Gasteiger charge is 2.15. The zero-order valence-corrected chi connectivity index (χ0v) is 9.62. The summed E-state index contributed by atoms with van der Waals surface area (Å²) in [6, 6.07) is 0. The lowest BCUT2D eigenvalue weighted by atomic mass is 10.7. The van der Waals surface area contributed by atoms with Gasteiger partial charge in [0.05, 0.1) is 12.4 Å². The fourth-order valence-corrected chi connectivity index (χ4v) is 1.75. The van der Waals surface area contributed by atoms with E-state index in [1.54, 1.807) is 0 Å². The molecule has 1 heterocycles. The Bertz CT molecular complexity index is 458. The highest BCUT2D eigenvalue weighted by Crippen LogP contribution is 2.07. The van der Waals surface area contributed by atoms with E-state index in [1.165, 1.54) is 12.4 Å². The lowest BCUT2D eigenvalue weighted by Gasteiger charge is -2.03. The van der Waals surface area contributed by atoms with Gasteiger partial charge in [0.25, 0.3) is 0 Å². The number of nitrogens with one attached hydrogen (secondary N) is 1. The van der Waals surface area contributed by atoms with E-state index in [0.717, 1.165) is 0 Å². The van der Waals surface area contributed by atoms with Gasteiger partial charge in [-0.2, -0.15) is 0 Å². The number of aromatic nitrogens is 2. The smallest absolute Gasteiger partial charge is 0.320 e. The Morgan fingerprint density at radius 1 is 1.47 bits per heavy atom. The summed E-state index contributed by atoms with van der Waals surface area (Å²) in [7, 11) is -3.91. The molecule has 7 nitrogen and oxygen atoms in total. The SMILES string of the molecule is O=C(O)CS(=O)(=O)Nc1cnc(Br)cn1. The molecule has 1 aromatic heterocycles. The van der Waals surface area contributed by atoms with Crippen LogP contribution in [0.4, 0.5) is 5.82 Å². The van der Waals surface area contributed by atoms with E-state index in [0.29, 0.717) is 4.60 Å². The van der Waals surface area contributed by atoms with Crippen LogP contribution in [0.25, 0.3) is 0 Å². The Morgan fingerprint density at radius 2 is 2.13 bits per heavy atom. The molecule has 0 aliphatic carbocycles. The molecule has 0 radical (unpaired) electrons. The quantitative estimate of drug-likeness (QED) is 0.813. The molecule has 2 N–H and O–H groups in total. The molecule has 82 valence electrons. The van der Waals surface area contributed by atoms with Crippen LogP contribution in [0.2, 0.25) is 0 Å². The molecule has 0 saturated heterocycles. The largest absolute Gasteiger partial charge is 0.480 e. The number of rotatable bonds is 4. The summed E-state index contributed by atoms with van der Waals surface area (Å²) >= 11 is 3.02. The van der Waals surface area contributed by atoms with Crippen molar-refractivity contribution >= 4 is 37.7 Å². The van der Waals surface area contributed by atoms with Crippen LogP contribution in [0.15, 0.2) is 17.0 Å². The van der Waals surface area contributed by atoms with Gasteiger partial charge in [-0.05, 0) is 15.9 Å². The number of nitrogens with zero attached hydrogens (tertiary/aromatic N) is 2. The molecular formula is C6H6BrN3O4S. The minimum Gasteiger partial charge on any atom is -0.480 e. The van der Waals surface area contributed by atoms with Gasteiger partial charge >= 0.3 is 5.97 Å². The first-order valence-electron chi connectivity index (χ1n) is 3.59. The van der Waals surface area contributed by atoms with Gasteiger partial charge in [0.1, 0.15) is 4.60 Å². The molecule has 0 amide bonds. The average molecular weight is 296 g/mol. The van der Waals surface area contributed by atoms with Crippen molar-refractivity contribution < 1.29 is 18.3 Å². The van der Waals surface area contributed by atoms with Crippen molar-refractivity contribution in [3.63, 3.8) is 0 Å². The monoisotopic (exact) mass is 295 g/mol. The van der Waals surface area contributed by atoms with Crippen LogP contribution in [-0.2, 0) is 14.8 Å². The molecule has 0 bridgehead atoms. The van der Waals surface area contributed by atoms with Crippen LogP contribution in [0.1, 0.15) is 0 Å². The Kier molecular flexibility index (Phi) is 3.58. The minimum absolute atomic E-state index is 0.0283. The summed E-state index contributed by atoms with van der Waals surface area (Å²) in [5, 5.41) is 8.31. The molecule has 0 aliphatic heterocycles. The minimum atomic E-state index is -3.91. The van der Waals surface area contributed by atoms with Gasteiger partial charge in [0.2, 0.25) is 10.0 Å². The van der Waals surface area contributed by atoms with Crippen LogP contribution in [0.3, 0.4) is 0 Å². The maximum Gasteiger partial charge on any atom is 0.320 e. The molecule has 1 rings (SSSR count). The van der Waals surface area contributed by atoms with Crippen LogP contribution in [0, 0.1) is 0 Å². The van der Waals surface area contributed by atoms with Crippen LogP contribution in [0.5, 0.6) is 0 Å². The Hall–Kier alpha value is -1.22. The number of aliphatic carboxylic acids is 1. The van der Waals surface area contributed by atoms with Gasteiger partial charge in [-0.3, -0.25) is 9.52 Å². The van der Waals surface area contributed by atoms with Gasteiger partial charge in [0, 0.05) is 0 Å². The first-order chi connectivity index (χ1) is 6.89. The molecule has 0 aliphatic rings. The summed E-state index contributed by atoms with van der Waals surface area (Å²) < 4.78 is 24.7. The Balaban J connectivity index is 2.78. The third-order valence-corrected chi connectivity index (χ3v) is 2.75. The van der Waals surface area contributed by atoms with Crippen molar-refractivity contribution in [1.29, 1.82) is 0 Å². The van der Waals surface area contributed by atoms with E-state index in [1.807, 2.05) is 4.72 Å². The molecule has 0 atom stereocenters. The van der Waals surface area contributed by atoms with E-state index in [4.69, 9.17) is 5.11 Å². The van der Waals surface area contributed by atoms with Crippen LogP contribution < -0.4 is 4.72 Å². The van der Waals surface area contributed by atoms with Gasteiger partial charge in [-0.1, -0.05) is 0 Å². The second-order valence-corrected chi connectivity index (χ2v) is 5.01. The third-order valence-electron chi connectivity index (χ3n) is 1.19. The molecular weight excluding hydrogens is 290 g/mol. The molecule has 0 fully saturated rings. The Morgan fingerprint density at radius 3 is 2.60 bits per heavy atom. The lowest BCUT2D eigenvalue weighted by molar-refractivity contribution is -0.134. The van der Waals surface area contributed by atoms with Crippen molar-refractivity contribution in [2.45, 2.75) is 0 Å². The molecule has 1 aromatic rings. The summed E-state index contributed by atoms with van der Waals surface area (Å²) in [6.45, 7) is 0. The van der Waals surface area contributed by atoms with Crippen molar-refractivity contribution in [3.8, 4) is 0 Å².